The first-order chi connectivity index (χ1) is 11.2. The predicted molar refractivity (Wildman–Crippen MR) is 85.2 cm³/mol. The Bertz CT molecular complexity index is 728. The van der Waals surface area contributed by atoms with E-state index in [4.69, 9.17) is 5.11 Å². The minimum absolute atomic E-state index is 0.144. The van der Waals surface area contributed by atoms with Gasteiger partial charge in [0.25, 0.3) is 5.69 Å². The molecule has 0 aromatic heterocycles. The number of sulfonamides is 1. The minimum atomic E-state index is -4.01. The summed E-state index contributed by atoms with van der Waals surface area (Å²) in [6.07, 6.45) is 1.00. The third-order valence-electron chi connectivity index (χ3n) is 4.22. The fourth-order valence-electron chi connectivity index (χ4n) is 2.86. The average molecular weight is 357 g/mol. The Morgan fingerprint density at radius 2 is 1.88 bits per heavy atom. The second-order valence-corrected chi connectivity index (χ2v) is 7.43. The van der Waals surface area contributed by atoms with Crippen LogP contribution in [0.15, 0.2) is 29.2 Å². The maximum absolute atomic E-state index is 12.4. The summed E-state index contributed by atoms with van der Waals surface area (Å²) < 4.78 is 27.4. The molecule has 0 aliphatic heterocycles. The number of benzene rings is 1. The fourth-order valence-corrected chi connectivity index (χ4v) is 4.33. The van der Waals surface area contributed by atoms with Gasteiger partial charge in [-0.2, -0.15) is 0 Å². The second kappa shape index (κ2) is 7.14. The molecule has 1 amide bonds. The van der Waals surface area contributed by atoms with E-state index >= 15 is 0 Å². The van der Waals surface area contributed by atoms with Crippen LogP contribution in [0.3, 0.4) is 0 Å². The Hall–Kier alpha value is -2.20. The molecule has 1 aliphatic carbocycles. The number of hydrogen-bond donors (Lipinski definition) is 2. The highest BCUT2D eigenvalue weighted by Crippen LogP contribution is 2.26. The van der Waals surface area contributed by atoms with Crippen LogP contribution in [-0.4, -0.2) is 48.6 Å². The summed E-state index contributed by atoms with van der Waals surface area (Å²) in [5.41, 5.74) is -0.468. The van der Waals surface area contributed by atoms with Gasteiger partial charge in [-0.15, -0.1) is 0 Å². The van der Waals surface area contributed by atoms with Crippen LogP contribution < -0.4 is 4.72 Å². The van der Waals surface area contributed by atoms with E-state index in [0.717, 1.165) is 6.07 Å². The number of nitro groups is 1. The van der Waals surface area contributed by atoms with Crippen LogP contribution >= 0.6 is 0 Å². The monoisotopic (exact) mass is 357 g/mol. The van der Waals surface area contributed by atoms with E-state index in [1.165, 1.54) is 30.1 Å². The van der Waals surface area contributed by atoms with Crippen molar-refractivity contribution in [3.63, 3.8) is 0 Å². The van der Waals surface area contributed by atoms with E-state index in [0.29, 0.717) is 25.7 Å². The van der Waals surface area contributed by atoms with E-state index in [9.17, 15) is 23.3 Å². The maximum atomic E-state index is 12.4. The van der Waals surface area contributed by atoms with Crippen LogP contribution in [0.2, 0.25) is 0 Å². The third kappa shape index (κ3) is 4.01. The summed E-state index contributed by atoms with van der Waals surface area (Å²) in [6, 6.07) is 4.67. The van der Waals surface area contributed by atoms with Crippen molar-refractivity contribution in [2.24, 2.45) is 0 Å². The fraction of sp³-hybridized carbons (Fsp3) is 0.500. The maximum Gasteiger partial charge on any atom is 0.407 e. The molecule has 0 atom stereocenters. The van der Waals surface area contributed by atoms with Crippen LogP contribution in [0.25, 0.3) is 0 Å². The lowest BCUT2D eigenvalue weighted by Gasteiger charge is -2.33. The molecule has 0 saturated heterocycles. The summed E-state index contributed by atoms with van der Waals surface area (Å²) in [5, 5.41) is 20.0. The first-order valence-corrected chi connectivity index (χ1v) is 8.92. The van der Waals surface area contributed by atoms with Gasteiger partial charge in [-0.3, -0.25) is 10.1 Å². The van der Waals surface area contributed by atoms with Gasteiger partial charge < -0.3 is 10.0 Å². The van der Waals surface area contributed by atoms with Gasteiger partial charge >= 0.3 is 6.09 Å². The van der Waals surface area contributed by atoms with Gasteiger partial charge in [-0.25, -0.2) is 17.9 Å². The van der Waals surface area contributed by atoms with Crippen molar-refractivity contribution in [1.82, 2.24) is 9.62 Å². The molecule has 132 valence electrons. The summed E-state index contributed by atoms with van der Waals surface area (Å²) >= 11 is 0. The molecule has 10 heteroatoms. The van der Waals surface area contributed by atoms with Crippen LogP contribution in [0, 0.1) is 10.1 Å². The van der Waals surface area contributed by atoms with Gasteiger partial charge in [0.05, 0.1) is 4.92 Å². The summed E-state index contributed by atoms with van der Waals surface area (Å²) in [6.45, 7) is 0. The molecule has 0 spiro atoms. The zero-order chi connectivity index (χ0) is 17.9. The molecule has 0 unspecified atom stereocenters. The van der Waals surface area contributed by atoms with Crippen molar-refractivity contribution in [2.45, 2.75) is 42.7 Å². The van der Waals surface area contributed by atoms with Crippen molar-refractivity contribution in [2.75, 3.05) is 7.05 Å². The van der Waals surface area contributed by atoms with Gasteiger partial charge in [0.15, 0.2) is 4.90 Å². The molecular weight excluding hydrogens is 338 g/mol. The third-order valence-corrected chi connectivity index (χ3v) is 5.79. The highest BCUT2D eigenvalue weighted by atomic mass is 32.2. The van der Waals surface area contributed by atoms with Crippen molar-refractivity contribution in [3.05, 3.63) is 34.4 Å². The van der Waals surface area contributed by atoms with Crippen LogP contribution in [0.5, 0.6) is 0 Å². The molecule has 1 aliphatic rings. The molecule has 0 heterocycles. The van der Waals surface area contributed by atoms with E-state index in [1.54, 1.807) is 0 Å². The average Bonchev–Trinajstić information content (AvgIpc) is 2.54. The van der Waals surface area contributed by atoms with E-state index in [2.05, 4.69) is 4.72 Å². The summed E-state index contributed by atoms with van der Waals surface area (Å²) in [7, 11) is -2.52. The highest BCUT2D eigenvalue weighted by molar-refractivity contribution is 7.89. The molecule has 9 nitrogen and oxygen atoms in total. The Morgan fingerprint density at radius 1 is 1.29 bits per heavy atom. The van der Waals surface area contributed by atoms with Gasteiger partial charge in [-0.05, 0) is 31.7 Å². The molecule has 2 rings (SSSR count). The number of nitrogens with zero attached hydrogens (tertiary/aromatic N) is 2. The molecule has 1 fully saturated rings. The number of para-hydroxylation sites is 1. The number of amides is 1. The zero-order valence-electron chi connectivity index (χ0n) is 13.1. The van der Waals surface area contributed by atoms with E-state index < -0.39 is 26.7 Å². The largest absolute Gasteiger partial charge is 0.465 e. The topological polar surface area (TPSA) is 130 Å². The van der Waals surface area contributed by atoms with E-state index in [-0.39, 0.29) is 17.0 Å². The number of carboxylic acid groups (broad SMARTS) is 1. The SMILES string of the molecule is CN(C(=O)O)[C@H]1CC[C@H](NS(=O)(=O)c2ccccc2[N+](=O)[O-])CC1. The lowest BCUT2D eigenvalue weighted by molar-refractivity contribution is -0.387. The first-order valence-electron chi connectivity index (χ1n) is 7.44. The normalized spacial score (nSPS) is 21.2. The smallest absolute Gasteiger partial charge is 0.407 e. The molecule has 2 N–H and O–H groups in total. The van der Waals surface area contributed by atoms with Crippen molar-refractivity contribution in [1.29, 1.82) is 0 Å². The van der Waals surface area contributed by atoms with Crippen molar-refractivity contribution in [3.8, 4) is 0 Å². The van der Waals surface area contributed by atoms with Gasteiger partial charge in [0.2, 0.25) is 10.0 Å². The standard InChI is InChI=1S/C14H19N3O6S/c1-16(14(18)19)11-8-6-10(7-9-11)15-24(22,23)13-5-3-2-4-12(13)17(20)21/h2-5,10-11,15H,6-9H2,1H3,(H,18,19)/t10-,11-. The zero-order valence-corrected chi connectivity index (χ0v) is 13.9. The number of rotatable bonds is 5. The number of nitro benzene ring substituents is 1. The predicted octanol–water partition coefficient (Wildman–Crippen LogP) is 1.79. The molecule has 1 saturated carbocycles. The van der Waals surface area contributed by atoms with Crippen molar-refractivity contribution < 1.29 is 23.2 Å². The van der Waals surface area contributed by atoms with Gasteiger partial charge in [-0.1, -0.05) is 12.1 Å². The summed E-state index contributed by atoms with van der Waals surface area (Å²) in [4.78, 5) is 22.1. The van der Waals surface area contributed by atoms with Crippen molar-refractivity contribution >= 4 is 21.8 Å². The van der Waals surface area contributed by atoms with Crippen LogP contribution in [0.1, 0.15) is 25.7 Å². The Labute approximate surface area is 139 Å². The van der Waals surface area contributed by atoms with Gasteiger partial charge in [0.1, 0.15) is 0 Å². The second-order valence-electron chi connectivity index (χ2n) is 5.75. The summed E-state index contributed by atoms with van der Waals surface area (Å²) in [5.74, 6) is 0. The van der Waals surface area contributed by atoms with Crippen LogP contribution in [0.4, 0.5) is 10.5 Å². The first kappa shape index (κ1) is 18.1. The molecule has 0 bridgehead atoms. The lowest BCUT2D eigenvalue weighted by atomic mass is 9.91. The lowest BCUT2D eigenvalue weighted by Crippen LogP contribution is -2.44. The molecule has 24 heavy (non-hydrogen) atoms. The van der Waals surface area contributed by atoms with Gasteiger partial charge in [0, 0.05) is 25.2 Å². The molecule has 0 radical (unpaired) electrons. The number of carbonyl (C=O) groups is 1. The van der Waals surface area contributed by atoms with Crippen LogP contribution in [-0.2, 0) is 10.0 Å². The molecular formula is C14H19N3O6S. The number of hydrogen-bond acceptors (Lipinski definition) is 5. The highest BCUT2D eigenvalue weighted by Gasteiger charge is 2.31. The quantitative estimate of drug-likeness (QED) is 0.610. The van der Waals surface area contributed by atoms with E-state index in [1.807, 2.05) is 0 Å². The Morgan fingerprint density at radius 3 is 2.42 bits per heavy atom. The number of nitrogens with one attached hydrogen (secondary N) is 1. The molecule has 1 aromatic rings. The minimum Gasteiger partial charge on any atom is -0.465 e. The Balaban J connectivity index is 2.07. The Kier molecular flexibility index (Phi) is 5.40. The molecule has 1 aromatic carbocycles.